The predicted octanol–water partition coefficient (Wildman–Crippen LogP) is 1.21. The van der Waals surface area contributed by atoms with Crippen LogP contribution in [0.5, 0.6) is 0 Å². The zero-order chi connectivity index (χ0) is 13.0. The third-order valence-electron chi connectivity index (χ3n) is 1.89. The smallest absolute Gasteiger partial charge is 0.258 e. The number of nitro groups is 1. The summed E-state index contributed by atoms with van der Waals surface area (Å²) >= 11 is 5.67. The summed E-state index contributed by atoms with van der Waals surface area (Å²) in [5.74, 6) is 0.190. The Morgan fingerprint density at radius 2 is 2.39 bits per heavy atom. The highest BCUT2D eigenvalue weighted by molar-refractivity contribution is 6.32. The van der Waals surface area contributed by atoms with Crippen molar-refractivity contribution in [3.8, 4) is 0 Å². The Bertz CT molecular complexity index is 583. The van der Waals surface area contributed by atoms with Crippen LogP contribution in [0.3, 0.4) is 0 Å². The first-order valence-electron chi connectivity index (χ1n) is 4.63. The Morgan fingerprint density at radius 3 is 3.06 bits per heavy atom. The van der Waals surface area contributed by atoms with Gasteiger partial charge in [0, 0.05) is 11.6 Å². The number of hydrogen-bond donors (Lipinski definition) is 2. The lowest BCUT2D eigenvalue weighted by Gasteiger charge is -1.96. The normalized spacial score (nSPS) is 10.7. The first-order valence-corrected chi connectivity index (χ1v) is 5.01. The molecule has 0 aliphatic carbocycles. The highest BCUT2D eigenvalue weighted by Crippen LogP contribution is 2.24. The monoisotopic (exact) mass is 267 g/mol. The molecule has 0 amide bonds. The molecule has 0 aliphatic heterocycles. The van der Waals surface area contributed by atoms with Gasteiger partial charge >= 0.3 is 0 Å². The van der Waals surface area contributed by atoms with Crippen molar-refractivity contribution in [1.29, 1.82) is 0 Å². The van der Waals surface area contributed by atoms with Gasteiger partial charge in [-0.3, -0.25) is 10.1 Å². The van der Waals surface area contributed by atoms with Crippen molar-refractivity contribution in [2.45, 2.75) is 0 Å². The Labute approximate surface area is 105 Å². The van der Waals surface area contributed by atoms with Crippen LogP contribution in [0.4, 0.5) is 11.6 Å². The molecule has 10 heteroatoms. The van der Waals surface area contributed by atoms with Crippen LogP contribution in [0, 0.1) is 10.1 Å². The van der Waals surface area contributed by atoms with Gasteiger partial charge in [0.1, 0.15) is 5.02 Å². The van der Waals surface area contributed by atoms with Crippen molar-refractivity contribution < 1.29 is 4.92 Å². The average Bonchev–Trinajstić information content (AvgIpc) is 2.84. The van der Waals surface area contributed by atoms with Gasteiger partial charge in [0.05, 0.1) is 11.1 Å². The number of aromatic amines is 1. The molecule has 0 bridgehead atoms. The Kier molecular flexibility index (Phi) is 3.44. The van der Waals surface area contributed by atoms with Crippen molar-refractivity contribution in [1.82, 2.24) is 20.6 Å². The molecule has 0 aliphatic rings. The summed E-state index contributed by atoms with van der Waals surface area (Å²) in [6, 6.07) is 4.33. The zero-order valence-corrected chi connectivity index (χ0v) is 9.50. The number of aromatic nitrogens is 4. The fourth-order valence-corrected chi connectivity index (χ4v) is 1.31. The number of nitrogens with one attached hydrogen (secondary N) is 2. The summed E-state index contributed by atoms with van der Waals surface area (Å²) < 4.78 is 0. The number of halogens is 1. The van der Waals surface area contributed by atoms with E-state index in [1.807, 2.05) is 0 Å². The van der Waals surface area contributed by atoms with E-state index < -0.39 is 4.92 Å². The van der Waals surface area contributed by atoms with Gasteiger partial charge in [-0.2, -0.15) is 10.3 Å². The molecule has 0 saturated carbocycles. The van der Waals surface area contributed by atoms with E-state index in [2.05, 4.69) is 31.2 Å². The predicted molar refractivity (Wildman–Crippen MR) is 63.5 cm³/mol. The molecule has 92 valence electrons. The van der Waals surface area contributed by atoms with Gasteiger partial charge in [-0.05, 0) is 11.3 Å². The molecule has 2 N–H and O–H groups in total. The molecule has 0 saturated heterocycles. The molecule has 9 nitrogen and oxygen atoms in total. The molecule has 18 heavy (non-hydrogen) atoms. The summed E-state index contributed by atoms with van der Waals surface area (Å²) in [5.41, 5.74) is 2.82. The van der Waals surface area contributed by atoms with Gasteiger partial charge in [-0.1, -0.05) is 22.8 Å². The number of nitrogens with zero attached hydrogens (tertiary/aromatic N) is 5. The number of hydrogen-bond acceptors (Lipinski definition) is 7. The van der Waals surface area contributed by atoms with Crippen LogP contribution in [-0.4, -0.2) is 31.8 Å². The average molecular weight is 268 g/mol. The fourth-order valence-electron chi connectivity index (χ4n) is 1.12. The van der Waals surface area contributed by atoms with Crippen molar-refractivity contribution in [2.75, 3.05) is 5.43 Å². The second-order valence-corrected chi connectivity index (χ2v) is 3.48. The number of benzene rings is 1. The third-order valence-corrected chi connectivity index (χ3v) is 2.21. The van der Waals surface area contributed by atoms with Crippen molar-refractivity contribution in [2.24, 2.45) is 5.10 Å². The van der Waals surface area contributed by atoms with Crippen LogP contribution >= 0.6 is 11.6 Å². The molecule has 1 aromatic heterocycles. The molecule has 0 radical (unpaired) electrons. The number of tetrazole rings is 1. The highest BCUT2D eigenvalue weighted by atomic mass is 35.5. The maximum atomic E-state index is 10.7. The molecule has 0 unspecified atom stereocenters. The van der Waals surface area contributed by atoms with Crippen molar-refractivity contribution in [3.05, 3.63) is 38.9 Å². The van der Waals surface area contributed by atoms with E-state index in [4.69, 9.17) is 11.6 Å². The summed E-state index contributed by atoms with van der Waals surface area (Å²) in [6.07, 6.45) is 1.37. The SMILES string of the molecule is O=[N+]([O-])c1cc(/C=N\Nc2nn[nH]n2)ccc1Cl. The Morgan fingerprint density at radius 1 is 1.56 bits per heavy atom. The standard InChI is InChI=1S/C8H6ClN7O2/c9-6-2-1-5(3-7(6)16(17)18)4-10-11-8-12-14-15-13-8/h1-4H,(H2,11,12,13,14,15)/b10-4-. The molecular weight excluding hydrogens is 262 g/mol. The summed E-state index contributed by atoms with van der Waals surface area (Å²) in [7, 11) is 0. The number of H-pyrrole nitrogens is 1. The summed E-state index contributed by atoms with van der Waals surface area (Å²) in [6.45, 7) is 0. The van der Waals surface area contributed by atoms with Gasteiger partial charge in [-0.25, -0.2) is 5.43 Å². The molecule has 1 heterocycles. The zero-order valence-electron chi connectivity index (χ0n) is 8.74. The van der Waals surface area contributed by atoms with Crippen LogP contribution in [0.2, 0.25) is 5.02 Å². The highest BCUT2D eigenvalue weighted by Gasteiger charge is 2.11. The van der Waals surface area contributed by atoms with Crippen LogP contribution in [0.25, 0.3) is 0 Å². The lowest BCUT2D eigenvalue weighted by Crippen LogP contribution is -1.94. The van der Waals surface area contributed by atoms with E-state index in [-0.39, 0.29) is 16.7 Å². The molecular formula is C8H6ClN7O2. The van der Waals surface area contributed by atoms with E-state index in [0.717, 1.165) is 0 Å². The molecule has 1 aromatic carbocycles. The molecule has 0 atom stereocenters. The number of nitro benzene ring substituents is 1. The van der Waals surface area contributed by atoms with Gasteiger partial charge in [0.25, 0.3) is 11.6 Å². The van der Waals surface area contributed by atoms with Gasteiger partial charge < -0.3 is 0 Å². The van der Waals surface area contributed by atoms with Gasteiger partial charge in [0.2, 0.25) is 0 Å². The van der Waals surface area contributed by atoms with E-state index in [0.29, 0.717) is 5.56 Å². The van der Waals surface area contributed by atoms with Crippen LogP contribution < -0.4 is 5.43 Å². The summed E-state index contributed by atoms with van der Waals surface area (Å²) in [5, 5.41) is 27.3. The minimum Gasteiger partial charge on any atom is -0.258 e. The van der Waals surface area contributed by atoms with E-state index >= 15 is 0 Å². The van der Waals surface area contributed by atoms with Crippen LogP contribution in [-0.2, 0) is 0 Å². The van der Waals surface area contributed by atoms with Crippen molar-refractivity contribution in [3.63, 3.8) is 0 Å². The number of anilines is 1. The maximum absolute atomic E-state index is 10.7. The van der Waals surface area contributed by atoms with E-state index in [9.17, 15) is 10.1 Å². The minimum absolute atomic E-state index is 0.0725. The quantitative estimate of drug-likeness (QED) is 0.488. The molecule has 0 fully saturated rings. The fraction of sp³-hybridized carbons (Fsp3) is 0. The van der Waals surface area contributed by atoms with Crippen LogP contribution in [0.1, 0.15) is 5.56 Å². The van der Waals surface area contributed by atoms with Gasteiger partial charge in [0.15, 0.2) is 0 Å². The third kappa shape index (κ3) is 2.77. The summed E-state index contributed by atoms with van der Waals surface area (Å²) in [4.78, 5) is 10.1. The topological polar surface area (TPSA) is 122 Å². The minimum atomic E-state index is -0.563. The Balaban J connectivity index is 2.12. The maximum Gasteiger partial charge on any atom is 0.288 e. The van der Waals surface area contributed by atoms with Crippen LogP contribution in [0.15, 0.2) is 23.3 Å². The second-order valence-electron chi connectivity index (χ2n) is 3.07. The Hall–Kier alpha value is -2.55. The molecule has 0 spiro atoms. The molecule has 2 aromatic rings. The first kappa shape index (κ1) is 11.9. The largest absolute Gasteiger partial charge is 0.288 e. The van der Waals surface area contributed by atoms with E-state index in [1.165, 1.54) is 18.3 Å². The molecule has 2 rings (SSSR count). The first-order chi connectivity index (χ1) is 8.66. The number of rotatable bonds is 4. The second kappa shape index (κ2) is 5.19. The lowest BCUT2D eigenvalue weighted by molar-refractivity contribution is -0.384. The lowest BCUT2D eigenvalue weighted by atomic mass is 10.2. The van der Waals surface area contributed by atoms with Crippen molar-refractivity contribution >= 4 is 29.5 Å². The van der Waals surface area contributed by atoms with Gasteiger partial charge in [-0.15, -0.1) is 5.10 Å². The number of hydrazone groups is 1. The van der Waals surface area contributed by atoms with E-state index in [1.54, 1.807) is 6.07 Å².